The fraction of sp³-hybridized carbons (Fsp3) is 0.500. The predicted octanol–water partition coefficient (Wildman–Crippen LogP) is 3.54. The van der Waals surface area contributed by atoms with Gasteiger partial charge in [0.25, 0.3) is 0 Å². The zero-order chi connectivity index (χ0) is 24.5. The highest BCUT2D eigenvalue weighted by Gasteiger charge is 2.33. The number of carbonyl (C=O) groups is 1. The molecule has 1 aromatic heterocycles. The lowest BCUT2D eigenvalue weighted by Crippen LogP contribution is -2.48. The number of thiophene rings is 1. The number of fused-ring (bicyclic) bond motifs is 1. The van der Waals surface area contributed by atoms with Crippen LogP contribution in [-0.4, -0.2) is 79.5 Å². The van der Waals surface area contributed by atoms with Crippen molar-refractivity contribution in [2.24, 2.45) is 0 Å². The van der Waals surface area contributed by atoms with Crippen LogP contribution in [0.4, 0.5) is 0 Å². The summed E-state index contributed by atoms with van der Waals surface area (Å²) < 4.78 is 17.1. The number of aliphatic hydroxyl groups excluding tert-OH is 1. The number of benzene rings is 1. The van der Waals surface area contributed by atoms with Crippen molar-refractivity contribution in [3.8, 4) is 11.5 Å². The first-order valence-electron chi connectivity index (χ1n) is 11.7. The highest BCUT2D eigenvalue weighted by Crippen LogP contribution is 2.35. The molecular weight excluding hydrogens is 452 g/mol. The van der Waals surface area contributed by atoms with Gasteiger partial charge >= 0.3 is 0 Å². The Morgan fingerprint density at radius 3 is 2.79 bits per heavy atom. The third-order valence-electron chi connectivity index (χ3n) is 5.72. The van der Waals surface area contributed by atoms with Gasteiger partial charge in [-0.3, -0.25) is 9.69 Å². The smallest absolute Gasteiger partial charge is 0.237 e. The minimum Gasteiger partial charge on any atom is -0.493 e. The van der Waals surface area contributed by atoms with Gasteiger partial charge in [0.1, 0.15) is 6.61 Å². The average molecular weight is 489 g/mol. The molecule has 2 atom stereocenters. The molecule has 8 heteroatoms. The van der Waals surface area contributed by atoms with Gasteiger partial charge in [-0.1, -0.05) is 18.2 Å². The van der Waals surface area contributed by atoms with Gasteiger partial charge in [-0.15, -0.1) is 17.9 Å². The second kappa shape index (κ2) is 12.9. The van der Waals surface area contributed by atoms with Gasteiger partial charge in [0.05, 0.1) is 38.5 Å². The SMILES string of the molecule is C=CCN(CC(=O)N1CCc2sccc2[C@@H]1COc1ccccc1OC)C[C@H](O)COC(C)C. The zero-order valence-corrected chi connectivity index (χ0v) is 21.1. The quantitative estimate of drug-likeness (QED) is 0.435. The second-order valence-corrected chi connectivity index (χ2v) is 9.63. The molecule has 1 amide bonds. The minimum atomic E-state index is -0.676. The first kappa shape index (κ1) is 26.2. The van der Waals surface area contributed by atoms with Crippen LogP contribution >= 0.6 is 11.3 Å². The van der Waals surface area contributed by atoms with Crippen molar-refractivity contribution in [3.05, 3.63) is 58.8 Å². The lowest BCUT2D eigenvalue weighted by atomic mass is 10.0. The molecule has 0 spiro atoms. The summed E-state index contributed by atoms with van der Waals surface area (Å²) in [6.07, 6.45) is 1.94. The maximum atomic E-state index is 13.5. The summed E-state index contributed by atoms with van der Waals surface area (Å²) in [6, 6.07) is 9.43. The van der Waals surface area contributed by atoms with E-state index in [4.69, 9.17) is 14.2 Å². The first-order valence-corrected chi connectivity index (χ1v) is 12.5. The van der Waals surface area contributed by atoms with Crippen LogP contribution in [0.5, 0.6) is 11.5 Å². The molecule has 0 aliphatic carbocycles. The molecule has 186 valence electrons. The zero-order valence-electron chi connectivity index (χ0n) is 20.3. The van der Waals surface area contributed by atoms with Gasteiger partial charge in [-0.2, -0.15) is 0 Å². The Morgan fingerprint density at radius 1 is 1.32 bits per heavy atom. The number of aliphatic hydroxyl groups is 1. The normalized spacial score (nSPS) is 16.4. The number of ether oxygens (including phenoxy) is 3. The van der Waals surface area contributed by atoms with Crippen molar-refractivity contribution in [1.82, 2.24) is 9.80 Å². The molecule has 0 radical (unpaired) electrons. The van der Waals surface area contributed by atoms with Crippen LogP contribution in [0, 0.1) is 0 Å². The van der Waals surface area contributed by atoms with Crippen molar-refractivity contribution in [1.29, 1.82) is 0 Å². The van der Waals surface area contributed by atoms with E-state index >= 15 is 0 Å². The van der Waals surface area contributed by atoms with E-state index in [1.165, 1.54) is 4.88 Å². The Bertz CT molecular complexity index is 931. The van der Waals surface area contributed by atoms with Gasteiger partial charge < -0.3 is 24.2 Å². The molecule has 0 fully saturated rings. The number of amides is 1. The summed E-state index contributed by atoms with van der Waals surface area (Å²) >= 11 is 1.72. The van der Waals surface area contributed by atoms with Crippen LogP contribution in [0.25, 0.3) is 0 Å². The van der Waals surface area contributed by atoms with E-state index in [0.29, 0.717) is 37.7 Å². The summed E-state index contributed by atoms with van der Waals surface area (Å²) in [7, 11) is 1.62. The van der Waals surface area contributed by atoms with Crippen molar-refractivity contribution in [2.45, 2.75) is 38.5 Å². The van der Waals surface area contributed by atoms with E-state index in [1.54, 1.807) is 24.5 Å². The van der Waals surface area contributed by atoms with Crippen molar-refractivity contribution in [2.75, 3.05) is 46.5 Å². The van der Waals surface area contributed by atoms with Crippen LogP contribution in [-0.2, 0) is 16.0 Å². The molecule has 3 rings (SSSR count). The van der Waals surface area contributed by atoms with Crippen molar-refractivity contribution in [3.63, 3.8) is 0 Å². The molecule has 0 saturated carbocycles. The van der Waals surface area contributed by atoms with E-state index in [-0.39, 0.29) is 31.2 Å². The Kier molecular flexibility index (Phi) is 9.95. The largest absolute Gasteiger partial charge is 0.493 e. The Morgan fingerprint density at radius 2 is 2.09 bits per heavy atom. The topological polar surface area (TPSA) is 71.5 Å². The standard InChI is InChI=1S/C26H36N2O5S/c1-5-12-27(15-20(29)17-32-19(2)3)16-26(30)28-13-10-25-21(11-14-34-25)22(28)18-33-24-9-7-6-8-23(24)31-4/h5-9,11,14,19-20,22,29H,1,10,12-13,15-18H2,2-4H3/t20-,22-/m0/s1. The molecule has 2 aromatic rings. The lowest BCUT2D eigenvalue weighted by molar-refractivity contribution is -0.136. The van der Waals surface area contributed by atoms with Crippen molar-refractivity contribution < 1.29 is 24.1 Å². The highest BCUT2D eigenvalue weighted by atomic mass is 32.1. The predicted molar refractivity (Wildman–Crippen MR) is 135 cm³/mol. The fourth-order valence-corrected chi connectivity index (χ4v) is 5.03. The molecular formula is C26H36N2O5S. The summed E-state index contributed by atoms with van der Waals surface area (Å²) in [5, 5.41) is 12.4. The number of carbonyl (C=O) groups excluding carboxylic acids is 1. The molecule has 1 aromatic carbocycles. The van der Waals surface area contributed by atoms with Gasteiger partial charge in [0.15, 0.2) is 11.5 Å². The van der Waals surface area contributed by atoms with E-state index in [9.17, 15) is 9.90 Å². The minimum absolute atomic E-state index is 0.00399. The molecule has 1 aliphatic rings. The second-order valence-electron chi connectivity index (χ2n) is 8.63. The molecule has 2 heterocycles. The number of hydrogen-bond donors (Lipinski definition) is 1. The molecule has 1 N–H and O–H groups in total. The Hall–Kier alpha value is -2.39. The van der Waals surface area contributed by atoms with Gasteiger partial charge in [-0.25, -0.2) is 0 Å². The maximum absolute atomic E-state index is 13.5. The maximum Gasteiger partial charge on any atom is 0.237 e. The van der Waals surface area contributed by atoms with Gasteiger partial charge in [0, 0.05) is 24.5 Å². The lowest BCUT2D eigenvalue weighted by Gasteiger charge is -2.37. The summed E-state index contributed by atoms with van der Waals surface area (Å²) in [6.45, 7) is 9.90. The van der Waals surface area contributed by atoms with Gasteiger partial charge in [-0.05, 0) is 49.4 Å². The third kappa shape index (κ3) is 7.06. The van der Waals surface area contributed by atoms with E-state index in [2.05, 4.69) is 18.0 Å². The first-order chi connectivity index (χ1) is 16.4. The fourth-order valence-electron chi connectivity index (χ4n) is 4.10. The Balaban J connectivity index is 1.70. The molecule has 0 unspecified atom stereocenters. The number of nitrogens with zero attached hydrogens (tertiary/aromatic N) is 2. The third-order valence-corrected chi connectivity index (χ3v) is 6.71. The van der Waals surface area contributed by atoms with Crippen molar-refractivity contribution >= 4 is 17.2 Å². The Labute approximate surface area is 206 Å². The van der Waals surface area contributed by atoms with E-state index in [0.717, 1.165) is 12.0 Å². The van der Waals surface area contributed by atoms with E-state index < -0.39 is 6.10 Å². The molecule has 1 aliphatic heterocycles. The molecule has 0 bridgehead atoms. The van der Waals surface area contributed by atoms with Crippen LogP contribution in [0.3, 0.4) is 0 Å². The monoisotopic (exact) mass is 488 g/mol. The number of para-hydroxylation sites is 2. The summed E-state index contributed by atoms with van der Waals surface area (Å²) in [4.78, 5) is 18.6. The van der Waals surface area contributed by atoms with Crippen LogP contribution < -0.4 is 9.47 Å². The number of hydrogen-bond acceptors (Lipinski definition) is 7. The molecule has 34 heavy (non-hydrogen) atoms. The van der Waals surface area contributed by atoms with Crippen LogP contribution in [0.1, 0.15) is 30.3 Å². The van der Waals surface area contributed by atoms with Crippen LogP contribution in [0.15, 0.2) is 48.4 Å². The van der Waals surface area contributed by atoms with E-state index in [1.807, 2.05) is 47.9 Å². The summed E-state index contributed by atoms with van der Waals surface area (Å²) in [5.41, 5.74) is 1.14. The van der Waals surface area contributed by atoms with Gasteiger partial charge in [0.2, 0.25) is 5.91 Å². The number of rotatable bonds is 13. The molecule has 0 saturated heterocycles. The van der Waals surface area contributed by atoms with Crippen LogP contribution in [0.2, 0.25) is 0 Å². The average Bonchev–Trinajstić information content (AvgIpc) is 3.30. The number of methoxy groups -OCH3 is 1. The highest BCUT2D eigenvalue weighted by molar-refractivity contribution is 7.10. The molecule has 7 nitrogen and oxygen atoms in total. The summed E-state index contributed by atoms with van der Waals surface area (Å²) in [5.74, 6) is 1.32.